The van der Waals surface area contributed by atoms with Gasteiger partial charge in [0.25, 0.3) is 0 Å². The van der Waals surface area contributed by atoms with Crippen molar-refractivity contribution in [2.24, 2.45) is 0 Å². The number of methoxy groups -OCH3 is 1. The molecule has 0 fully saturated rings. The van der Waals surface area contributed by atoms with E-state index in [1.165, 1.54) is 7.11 Å². The molecule has 0 saturated carbocycles. The highest BCUT2D eigenvalue weighted by molar-refractivity contribution is 6.35. The highest BCUT2D eigenvalue weighted by Gasteiger charge is 2.10. The second-order valence-electron chi connectivity index (χ2n) is 4.05. The van der Waals surface area contributed by atoms with Crippen LogP contribution in [0.1, 0.15) is 13.3 Å². The molecule has 1 heterocycles. The van der Waals surface area contributed by atoms with Crippen LogP contribution in [-0.2, 0) is 0 Å². The third kappa shape index (κ3) is 3.71. The molecule has 0 unspecified atom stereocenters. The summed E-state index contributed by atoms with van der Waals surface area (Å²) < 4.78 is 5.09. The van der Waals surface area contributed by atoms with Crippen LogP contribution in [0.3, 0.4) is 0 Å². The second kappa shape index (κ2) is 6.72. The molecule has 106 valence electrons. The molecule has 1 N–H and O–H groups in total. The van der Waals surface area contributed by atoms with Crippen LogP contribution in [-0.4, -0.2) is 28.6 Å². The first-order chi connectivity index (χ1) is 9.62. The molecule has 0 aliphatic rings. The number of anilines is 1. The van der Waals surface area contributed by atoms with Crippen molar-refractivity contribution in [3.8, 4) is 17.4 Å². The summed E-state index contributed by atoms with van der Waals surface area (Å²) in [7, 11) is 1.51. The van der Waals surface area contributed by atoms with E-state index in [-0.39, 0.29) is 6.01 Å². The maximum Gasteiger partial charge on any atom is 0.321 e. The summed E-state index contributed by atoms with van der Waals surface area (Å²) in [6, 6.07) is 5.38. The first-order valence-electron chi connectivity index (χ1n) is 6.12. The van der Waals surface area contributed by atoms with Crippen molar-refractivity contribution in [2.45, 2.75) is 13.3 Å². The van der Waals surface area contributed by atoms with Gasteiger partial charge in [0.15, 0.2) is 5.82 Å². The third-order valence-electron chi connectivity index (χ3n) is 2.45. The topological polar surface area (TPSA) is 59.9 Å². The standard InChI is InChI=1S/C13H14Cl2N4O/c1-3-4-16-12-17-11(18-13(19-12)20-2)8-5-9(14)7-10(15)6-8/h5-7H,3-4H2,1-2H3,(H,16,17,18,19). The number of hydrogen-bond donors (Lipinski definition) is 1. The second-order valence-corrected chi connectivity index (χ2v) is 4.93. The van der Waals surface area contributed by atoms with Crippen LogP contribution < -0.4 is 10.1 Å². The van der Waals surface area contributed by atoms with Gasteiger partial charge in [-0.05, 0) is 24.6 Å². The Morgan fingerprint density at radius 3 is 2.40 bits per heavy atom. The van der Waals surface area contributed by atoms with E-state index in [0.717, 1.165) is 13.0 Å². The Balaban J connectivity index is 2.43. The molecule has 2 aromatic rings. The smallest absolute Gasteiger partial charge is 0.321 e. The van der Waals surface area contributed by atoms with Gasteiger partial charge in [0.05, 0.1) is 7.11 Å². The Morgan fingerprint density at radius 2 is 1.80 bits per heavy atom. The van der Waals surface area contributed by atoms with Crippen LogP contribution in [0.4, 0.5) is 5.95 Å². The zero-order valence-electron chi connectivity index (χ0n) is 11.2. The molecule has 0 bridgehead atoms. The summed E-state index contributed by atoms with van der Waals surface area (Å²) in [5, 5.41) is 4.15. The molecule has 1 aromatic carbocycles. The molecule has 0 spiro atoms. The molecule has 1 aromatic heterocycles. The maximum absolute atomic E-state index is 5.99. The highest BCUT2D eigenvalue weighted by Crippen LogP contribution is 2.26. The molecule has 0 aliphatic heterocycles. The van der Waals surface area contributed by atoms with E-state index in [2.05, 4.69) is 27.2 Å². The molecule has 0 amide bonds. The van der Waals surface area contributed by atoms with E-state index in [1.807, 2.05) is 0 Å². The predicted molar refractivity (Wildman–Crippen MR) is 80.6 cm³/mol. The summed E-state index contributed by atoms with van der Waals surface area (Å²) in [5.41, 5.74) is 0.711. The minimum atomic E-state index is 0.240. The van der Waals surface area contributed by atoms with Crippen LogP contribution in [0.5, 0.6) is 6.01 Å². The summed E-state index contributed by atoms with van der Waals surface area (Å²) in [6.45, 7) is 2.83. The van der Waals surface area contributed by atoms with Gasteiger partial charge in [0, 0.05) is 22.2 Å². The number of ether oxygens (including phenoxy) is 1. The van der Waals surface area contributed by atoms with Gasteiger partial charge >= 0.3 is 6.01 Å². The molecular formula is C13H14Cl2N4O. The van der Waals surface area contributed by atoms with Crippen LogP contribution in [0.2, 0.25) is 10.0 Å². The van der Waals surface area contributed by atoms with Gasteiger partial charge in [0.1, 0.15) is 0 Å². The number of rotatable bonds is 5. The molecular weight excluding hydrogens is 299 g/mol. The lowest BCUT2D eigenvalue weighted by Crippen LogP contribution is -2.07. The number of nitrogens with zero attached hydrogens (tertiary/aromatic N) is 3. The molecule has 0 saturated heterocycles. The molecule has 0 radical (unpaired) electrons. The maximum atomic E-state index is 5.99. The largest absolute Gasteiger partial charge is 0.467 e. The van der Waals surface area contributed by atoms with Gasteiger partial charge in [-0.2, -0.15) is 15.0 Å². The van der Waals surface area contributed by atoms with Crippen LogP contribution in [0.15, 0.2) is 18.2 Å². The van der Waals surface area contributed by atoms with Gasteiger partial charge < -0.3 is 10.1 Å². The van der Waals surface area contributed by atoms with E-state index in [1.54, 1.807) is 18.2 Å². The molecule has 7 heteroatoms. The quantitative estimate of drug-likeness (QED) is 0.912. The van der Waals surface area contributed by atoms with Crippen molar-refractivity contribution in [3.05, 3.63) is 28.2 Å². The van der Waals surface area contributed by atoms with E-state index in [4.69, 9.17) is 27.9 Å². The van der Waals surface area contributed by atoms with E-state index >= 15 is 0 Å². The summed E-state index contributed by atoms with van der Waals surface area (Å²) in [6.07, 6.45) is 0.965. The van der Waals surface area contributed by atoms with Gasteiger partial charge in [-0.3, -0.25) is 0 Å². The number of hydrogen-bond acceptors (Lipinski definition) is 5. The summed E-state index contributed by atoms with van der Waals surface area (Å²) in [4.78, 5) is 12.7. The van der Waals surface area contributed by atoms with Crippen molar-refractivity contribution in [1.82, 2.24) is 15.0 Å². The van der Waals surface area contributed by atoms with Crippen molar-refractivity contribution in [3.63, 3.8) is 0 Å². The lowest BCUT2D eigenvalue weighted by Gasteiger charge is -2.08. The zero-order chi connectivity index (χ0) is 14.5. The van der Waals surface area contributed by atoms with Crippen LogP contribution >= 0.6 is 23.2 Å². The lowest BCUT2D eigenvalue weighted by atomic mass is 10.2. The highest BCUT2D eigenvalue weighted by atomic mass is 35.5. The monoisotopic (exact) mass is 312 g/mol. The molecule has 0 atom stereocenters. The number of benzene rings is 1. The molecule has 5 nitrogen and oxygen atoms in total. The zero-order valence-corrected chi connectivity index (χ0v) is 12.7. The molecule has 0 aliphatic carbocycles. The van der Waals surface area contributed by atoms with Gasteiger partial charge in [0.2, 0.25) is 5.95 Å². The first kappa shape index (κ1) is 14.8. The number of aromatic nitrogens is 3. The Kier molecular flexibility index (Phi) is 4.98. The SMILES string of the molecule is CCCNc1nc(OC)nc(-c2cc(Cl)cc(Cl)c2)n1. The van der Waals surface area contributed by atoms with E-state index in [0.29, 0.717) is 27.4 Å². The van der Waals surface area contributed by atoms with Crippen molar-refractivity contribution < 1.29 is 4.74 Å². The Hall–Kier alpha value is -1.59. The van der Waals surface area contributed by atoms with Crippen molar-refractivity contribution >= 4 is 29.2 Å². The van der Waals surface area contributed by atoms with Crippen LogP contribution in [0, 0.1) is 0 Å². The van der Waals surface area contributed by atoms with Crippen LogP contribution in [0.25, 0.3) is 11.4 Å². The minimum Gasteiger partial charge on any atom is -0.467 e. The van der Waals surface area contributed by atoms with E-state index < -0.39 is 0 Å². The van der Waals surface area contributed by atoms with Crippen molar-refractivity contribution in [2.75, 3.05) is 19.0 Å². The third-order valence-corrected chi connectivity index (χ3v) is 2.89. The predicted octanol–water partition coefficient (Wildman–Crippen LogP) is 3.68. The summed E-state index contributed by atoms with van der Waals surface area (Å²) in [5.74, 6) is 0.921. The van der Waals surface area contributed by atoms with Gasteiger partial charge in [-0.1, -0.05) is 30.1 Å². The Labute approximate surface area is 127 Å². The Bertz CT molecular complexity index is 587. The average Bonchev–Trinajstić information content (AvgIpc) is 2.43. The minimum absolute atomic E-state index is 0.240. The number of nitrogens with one attached hydrogen (secondary N) is 1. The molecule has 20 heavy (non-hydrogen) atoms. The van der Waals surface area contributed by atoms with Gasteiger partial charge in [-0.25, -0.2) is 0 Å². The Morgan fingerprint density at radius 1 is 1.10 bits per heavy atom. The van der Waals surface area contributed by atoms with E-state index in [9.17, 15) is 0 Å². The fraction of sp³-hybridized carbons (Fsp3) is 0.308. The van der Waals surface area contributed by atoms with Crippen molar-refractivity contribution in [1.29, 1.82) is 0 Å². The normalized spacial score (nSPS) is 10.4. The lowest BCUT2D eigenvalue weighted by molar-refractivity contribution is 0.379. The first-order valence-corrected chi connectivity index (χ1v) is 6.88. The fourth-order valence-electron chi connectivity index (χ4n) is 1.58. The average molecular weight is 313 g/mol. The molecule has 2 rings (SSSR count). The summed E-state index contributed by atoms with van der Waals surface area (Å²) >= 11 is 12.0. The number of halogens is 2. The fourth-order valence-corrected chi connectivity index (χ4v) is 2.10. The van der Waals surface area contributed by atoms with Gasteiger partial charge in [-0.15, -0.1) is 0 Å².